The van der Waals surface area contributed by atoms with Crippen molar-refractivity contribution in [2.75, 3.05) is 5.32 Å². The maximum atomic E-state index is 12.3. The Labute approximate surface area is 178 Å². The number of hydrogen-bond donors (Lipinski definition) is 2. The summed E-state index contributed by atoms with van der Waals surface area (Å²) in [6.45, 7) is 2.45. The molecular formula is C21H20N2O7S. The fourth-order valence-corrected chi connectivity index (χ4v) is 4.07. The molecule has 0 aliphatic heterocycles. The van der Waals surface area contributed by atoms with E-state index in [0.717, 1.165) is 0 Å². The molecule has 10 heteroatoms. The summed E-state index contributed by atoms with van der Waals surface area (Å²) < 4.78 is 37.3. The van der Waals surface area contributed by atoms with E-state index < -0.39 is 27.7 Å². The summed E-state index contributed by atoms with van der Waals surface area (Å²) in [6.07, 6.45) is 0. The van der Waals surface area contributed by atoms with Crippen molar-refractivity contribution in [1.82, 2.24) is 4.72 Å². The second kappa shape index (κ2) is 9.11. The lowest BCUT2D eigenvalue weighted by Gasteiger charge is -2.14. The third-order valence-electron chi connectivity index (χ3n) is 4.26. The maximum absolute atomic E-state index is 12.3. The first-order valence-electron chi connectivity index (χ1n) is 9.24. The van der Waals surface area contributed by atoms with E-state index in [4.69, 9.17) is 9.15 Å². The molecule has 3 aromatic rings. The van der Waals surface area contributed by atoms with Gasteiger partial charge in [-0.05, 0) is 31.2 Å². The van der Waals surface area contributed by atoms with Crippen LogP contribution in [0.1, 0.15) is 19.4 Å². The van der Waals surface area contributed by atoms with Crippen LogP contribution in [0.15, 0.2) is 68.7 Å². The minimum absolute atomic E-state index is 0.0243. The van der Waals surface area contributed by atoms with Crippen LogP contribution in [0.25, 0.3) is 11.0 Å². The van der Waals surface area contributed by atoms with Gasteiger partial charge in [0.15, 0.2) is 0 Å². The SMILES string of the molecule is CC(=O)Nc1ccc2c(COC(=O)[C@H](C)NS(=O)(=O)c3ccccc3)cc(=O)oc2c1. The number of anilines is 1. The van der Waals surface area contributed by atoms with Crippen molar-refractivity contribution < 1.29 is 27.2 Å². The molecule has 31 heavy (non-hydrogen) atoms. The molecule has 2 N–H and O–H groups in total. The number of fused-ring (bicyclic) bond motifs is 1. The van der Waals surface area contributed by atoms with Gasteiger partial charge in [-0.15, -0.1) is 0 Å². The van der Waals surface area contributed by atoms with E-state index in [-0.39, 0.29) is 23.0 Å². The first-order chi connectivity index (χ1) is 14.7. The van der Waals surface area contributed by atoms with Gasteiger partial charge in [0, 0.05) is 35.7 Å². The summed E-state index contributed by atoms with van der Waals surface area (Å²) in [5.74, 6) is -1.09. The number of hydrogen-bond acceptors (Lipinski definition) is 7. The highest BCUT2D eigenvalue weighted by Gasteiger charge is 2.23. The second-order valence-electron chi connectivity index (χ2n) is 6.75. The second-order valence-corrected chi connectivity index (χ2v) is 8.46. The zero-order valence-electron chi connectivity index (χ0n) is 16.7. The van der Waals surface area contributed by atoms with Crippen LogP contribution in [0.2, 0.25) is 0 Å². The number of nitrogens with one attached hydrogen (secondary N) is 2. The largest absolute Gasteiger partial charge is 0.460 e. The van der Waals surface area contributed by atoms with Gasteiger partial charge in [-0.2, -0.15) is 4.72 Å². The van der Waals surface area contributed by atoms with Crippen molar-refractivity contribution >= 4 is 38.6 Å². The molecule has 0 saturated carbocycles. The third kappa shape index (κ3) is 5.56. The van der Waals surface area contributed by atoms with Gasteiger partial charge in [0.2, 0.25) is 15.9 Å². The van der Waals surface area contributed by atoms with E-state index in [9.17, 15) is 22.8 Å². The molecule has 0 saturated heterocycles. The van der Waals surface area contributed by atoms with Crippen molar-refractivity contribution in [2.24, 2.45) is 0 Å². The molecule has 0 fully saturated rings. The summed E-state index contributed by atoms with van der Waals surface area (Å²) in [5.41, 5.74) is 0.382. The molecule has 1 atom stereocenters. The van der Waals surface area contributed by atoms with Crippen LogP contribution in [0.3, 0.4) is 0 Å². The first kappa shape index (κ1) is 22.2. The van der Waals surface area contributed by atoms with Crippen molar-refractivity contribution in [1.29, 1.82) is 0 Å². The number of esters is 1. The number of benzene rings is 2. The number of amides is 1. The van der Waals surface area contributed by atoms with E-state index >= 15 is 0 Å². The molecule has 0 spiro atoms. The Balaban J connectivity index is 1.73. The Morgan fingerprint density at radius 2 is 1.81 bits per heavy atom. The van der Waals surface area contributed by atoms with Gasteiger partial charge >= 0.3 is 11.6 Å². The Hall–Kier alpha value is -3.50. The van der Waals surface area contributed by atoms with Crippen molar-refractivity contribution in [3.05, 3.63) is 70.6 Å². The molecule has 9 nitrogen and oxygen atoms in total. The van der Waals surface area contributed by atoms with E-state index in [0.29, 0.717) is 16.6 Å². The monoisotopic (exact) mass is 444 g/mol. The molecule has 0 radical (unpaired) electrons. The molecule has 162 valence electrons. The lowest BCUT2D eigenvalue weighted by molar-refractivity contribution is -0.146. The predicted molar refractivity (Wildman–Crippen MR) is 113 cm³/mol. The molecule has 0 aliphatic rings. The summed E-state index contributed by atoms with van der Waals surface area (Å²) >= 11 is 0. The maximum Gasteiger partial charge on any atom is 0.336 e. The molecular weight excluding hydrogens is 424 g/mol. The van der Waals surface area contributed by atoms with Crippen LogP contribution >= 0.6 is 0 Å². The lowest BCUT2D eigenvalue weighted by Crippen LogP contribution is -2.39. The van der Waals surface area contributed by atoms with Gasteiger partial charge in [-0.1, -0.05) is 18.2 Å². The van der Waals surface area contributed by atoms with E-state index in [1.165, 1.54) is 38.1 Å². The molecule has 1 amide bonds. The van der Waals surface area contributed by atoms with Gasteiger partial charge in [0.25, 0.3) is 0 Å². The topological polar surface area (TPSA) is 132 Å². The van der Waals surface area contributed by atoms with Crippen LogP contribution in [-0.2, 0) is 31.0 Å². The highest BCUT2D eigenvalue weighted by Crippen LogP contribution is 2.22. The van der Waals surface area contributed by atoms with Gasteiger partial charge in [0.1, 0.15) is 18.2 Å². The average Bonchev–Trinajstić information content (AvgIpc) is 2.71. The minimum Gasteiger partial charge on any atom is -0.460 e. The highest BCUT2D eigenvalue weighted by atomic mass is 32.2. The number of sulfonamides is 1. The molecule has 1 aromatic heterocycles. The third-order valence-corrected chi connectivity index (χ3v) is 5.82. The van der Waals surface area contributed by atoms with Gasteiger partial charge in [-0.25, -0.2) is 13.2 Å². The van der Waals surface area contributed by atoms with Gasteiger partial charge in [-0.3, -0.25) is 9.59 Å². The van der Waals surface area contributed by atoms with Crippen LogP contribution in [0.5, 0.6) is 0 Å². The summed E-state index contributed by atoms with van der Waals surface area (Å²) in [7, 11) is -3.89. The quantitative estimate of drug-likeness (QED) is 0.422. The number of ether oxygens (including phenoxy) is 1. The van der Waals surface area contributed by atoms with Crippen LogP contribution < -0.4 is 15.7 Å². The van der Waals surface area contributed by atoms with Gasteiger partial charge < -0.3 is 14.5 Å². The Kier molecular flexibility index (Phi) is 6.52. The summed E-state index contributed by atoms with van der Waals surface area (Å²) in [4.78, 5) is 35.4. The van der Waals surface area contributed by atoms with Crippen molar-refractivity contribution in [3.8, 4) is 0 Å². The van der Waals surface area contributed by atoms with E-state index in [1.54, 1.807) is 30.3 Å². The average molecular weight is 444 g/mol. The van der Waals surface area contributed by atoms with Crippen LogP contribution in [-0.4, -0.2) is 26.3 Å². The van der Waals surface area contributed by atoms with Crippen LogP contribution in [0, 0.1) is 0 Å². The standard InChI is InChI=1S/C21H20N2O7S/c1-13(23-31(27,28)17-6-4-3-5-7-17)21(26)29-12-15-10-20(25)30-19-11-16(22-14(2)24)8-9-18(15)19/h3-11,13,23H,12H2,1-2H3,(H,22,24)/t13-/m0/s1. The zero-order chi connectivity index (χ0) is 22.6. The highest BCUT2D eigenvalue weighted by molar-refractivity contribution is 7.89. The normalized spacial score (nSPS) is 12.3. The fourth-order valence-electron chi connectivity index (χ4n) is 2.85. The molecule has 0 bridgehead atoms. The van der Waals surface area contributed by atoms with E-state index in [1.807, 2.05) is 0 Å². The minimum atomic E-state index is -3.89. The molecule has 2 aromatic carbocycles. The summed E-state index contributed by atoms with van der Waals surface area (Å²) in [5, 5.41) is 3.10. The Morgan fingerprint density at radius 1 is 1.10 bits per heavy atom. The van der Waals surface area contributed by atoms with Crippen molar-refractivity contribution in [3.63, 3.8) is 0 Å². The number of carbonyl (C=O) groups excluding carboxylic acids is 2. The van der Waals surface area contributed by atoms with E-state index in [2.05, 4.69) is 10.0 Å². The lowest BCUT2D eigenvalue weighted by atomic mass is 10.1. The molecule has 0 unspecified atom stereocenters. The molecule has 3 rings (SSSR count). The fraction of sp³-hybridized carbons (Fsp3) is 0.190. The number of rotatable bonds is 7. The van der Waals surface area contributed by atoms with Crippen LogP contribution in [0.4, 0.5) is 5.69 Å². The molecule has 0 aliphatic carbocycles. The molecule has 1 heterocycles. The smallest absolute Gasteiger partial charge is 0.336 e. The predicted octanol–water partition coefficient (Wildman–Crippen LogP) is 2.16. The Morgan fingerprint density at radius 3 is 2.48 bits per heavy atom. The first-order valence-corrected chi connectivity index (χ1v) is 10.7. The summed E-state index contributed by atoms with van der Waals surface area (Å²) in [6, 6.07) is 12.4. The Bertz CT molecular complexity index is 1280. The zero-order valence-corrected chi connectivity index (χ0v) is 17.6. The van der Waals surface area contributed by atoms with Crippen molar-refractivity contribution in [2.45, 2.75) is 31.4 Å². The number of carbonyl (C=O) groups is 2. The van der Waals surface area contributed by atoms with Gasteiger partial charge in [0.05, 0.1) is 4.90 Å².